The third-order valence-corrected chi connectivity index (χ3v) is 7.88. The van der Waals surface area contributed by atoms with Crippen LogP contribution in [0.25, 0.3) is 10.9 Å². The lowest BCUT2D eigenvalue weighted by molar-refractivity contribution is 0.108. The van der Waals surface area contributed by atoms with Crippen molar-refractivity contribution in [1.29, 1.82) is 5.26 Å². The zero-order valence-corrected chi connectivity index (χ0v) is 21.0. The van der Waals surface area contributed by atoms with Crippen LogP contribution in [0.2, 0.25) is 0 Å². The zero-order chi connectivity index (χ0) is 24.8. The van der Waals surface area contributed by atoms with E-state index in [0.717, 1.165) is 86.3 Å². The van der Waals surface area contributed by atoms with Crippen molar-refractivity contribution in [1.82, 2.24) is 19.9 Å². The third kappa shape index (κ3) is 4.10. The van der Waals surface area contributed by atoms with Crippen molar-refractivity contribution < 1.29 is 0 Å². The van der Waals surface area contributed by atoms with E-state index in [9.17, 15) is 5.26 Å². The second kappa shape index (κ2) is 9.19. The average Bonchev–Trinajstić information content (AvgIpc) is 3.33. The molecule has 3 unspecified atom stereocenters. The Morgan fingerprint density at radius 1 is 1.00 bits per heavy atom. The highest BCUT2D eigenvalue weighted by Gasteiger charge is 2.37. The second-order valence-electron chi connectivity index (χ2n) is 10.4. The summed E-state index contributed by atoms with van der Waals surface area (Å²) in [5.74, 6) is 1.81. The Morgan fingerprint density at radius 2 is 1.86 bits per heavy atom. The maximum atomic E-state index is 9.56. The van der Waals surface area contributed by atoms with Crippen LogP contribution in [0.5, 0.6) is 0 Å². The molecule has 2 N–H and O–H groups in total. The molecule has 3 atom stereocenters. The monoisotopic (exact) mass is 483 g/mol. The van der Waals surface area contributed by atoms with Gasteiger partial charge in [-0.25, -0.2) is 4.98 Å². The first kappa shape index (κ1) is 23.0. The number of nitrogens with zero attached hydrogens (tertiary/aromatic N) is 8. The lowest BCUT2D eigenvalue weighted by atomic mass is 10.0. The van der Waals surface area contributed by atoms with E-state index in [1.54, 1.807) is 6.20 Å². The van der Waals surface area contributed by atoms with E-state index in [-0.39, 0.29) is 6.04 Å². The van der Waals surface area contributed by atoms with Crippen LogP contribution in [0.4, 0.5) is 17.5 Å². The molecule has 3 fully saturated rings. The zero-order valence-electron chi connectivity index (χ0n) is 21.0. The van der Waals surface area contributed by atoms with Gasteiger partial charge < -0.3 is 20.4 Å². The maximum absolute atomic E-state index is 9.56. The highest BCUT2D eigenvalue weighted by Crippen LogP contribution is 2.32. The summed E-state index contributed by atoms with van der Waals surface area (Å²) >= 11 is 0. The number of hydrogen-bond donors (Lipinski definition) is 1. The number of benzene rings is 1. The molecule has 0 amide bonds. The van der Waals surface area contributed by atoms with Gasteiger partial charge >= 0.3 is 0 Å². The number of pyridine rings is 1. The van der Waals surface area contributed by atoms with Gasteiger partial charge in [0, 0.05) is 93.0 Å². The van der Waals surface area contributed by atoms with Crippen molar-refractivity contribution in [2.45, 2.75) is 38.4 Å². The van der Waals surface area contributed by atoms with Crippen LogP contribution in [-0.4, -0.2) is 83.8 Å². The van der Waals surface area contributed by atoms with Crippen LogP contribution < -0.4 is 20.4 Å². The first-order valence-corrected chi connectivity index (χ1v) is 12.9. The van der Waals surface area contributed by atoms with Crippen molar-refractivity contribution >= 4 is 28.4 Å². The molecule has 186 valence electrons. The number of aryl methyl sites for hydroxylation is 1. The minimum Gasteiger partial charge on any atom is -0.368 e. The van der Waals surface area contributed by atoms with Gasteiger partial charge in [-0.2, -0.15) is 10.2 Å². The smallest absolute Gasteiger partial charge is 0.227 e. The van der Waals surface area contributed by atoms with Gasteiger partial charge in [0.2, 0.25) is 5.95 Å². The number of aromatic nitrogens is 3. The number of anilines is 3. The molecule has 0 radical (unpaired) electrons. The summed E-state index contributed by atoms with van der Waals surface area (Å²) in [6.07, 6.45) is 2.75. The Balaban J connectivity index is 1.26. The van der Waals surface area contributed by atoms with Gasteiger partial charge in [0.25, 0.3) is 0 Å². The van der Waals surface area contributed by atoms with E-state index in [4.69, 9.17) is 15.7 Å². The summed E-state index contributed by atoms with van der Waals surface area (Å²) in [4.78, 5) is 24.0. The van der Waals surface area contributed by atoms with Crippen LogP contribution in [0.15, 0.2) is 36.5 Å². The highest BCUT2D eigenvalue weighted by molar-refractivity contribution is 5.95. The summed E-state index contributed by atoms with van der Waals surface area (Å²) in [6, 6.07) is 13.4. The number of fused-ring (bicyclic) bond motifs is 2. The predicted octanol–water partition coefficient (Wildman–Crippen LogP) is 2.14. The molecule has 9 nitrogen and oxygen atoms in total. The molecule has 1 aromatic carbocycles. The largest absolute Gasteiger partial charge is 0.368 e. The van der Waals surface area contributed by atoms with Crippen molar-refractivity contribution in [3.05, 3.63) is 47.8 Å². The Labute approximate surface area is 212 Å². The quantitative estimate of drug-likeness (QED) is 0.600. The highest BCUT2D eigenvalue weighted by atomic mass is 15.4. The van der Waals surface area contributed by atoms with Crippen molar-refractivity contribution in [3.63, 3.8) is 0 Å². The fraction of sp³-hybridized carbons (Fsp3) is 0.481. The molecule has 9 heteroatoms. The normalized spacial score (nSPS) is 24.7. The van der Waals surface area contributed by atoms with Crippen LogP contribution in [-0.2, 0) is 0 Å². The molecule has 3 saturated heterocycles. The van der Waals surface area contributed by atoms with Crippen LogP contribution in [0.1, 0.15) is 24.6 Å². The SMILES string of the molecule is Cc1cc(N2CCN3C(C)CN(c4ccc(C#N)c5ncccc45)CC3C2)nc(N2CCC(N)C2)n1. The van der Waals surface area contributed by atoms with E-state index in [1.165, 1.54) is 0 Å². The Morgan fingerprint density at radius 3 is 2.67 bits per heavy atom. The van der Waals surface area contributed by atoms with Gasteiger partial charge in [-0.15, -0.1) is 0 Å². The summed E-state index contributed by atoms with van der Waals surface area (Å²) in [7, 11) is 0. The molecule has 6 rings (SSSR count). The number of nitriles is 1. The van der Waals surface area contributed by atoms with Crippen LogP contribution in [0.3, 0.4) is 0 Å². The number of nitrogens with two attached hydrogens (primary N) is 1. The second-order valence-corrected chi connectivity index (χ2v) is 10.4. The summed E-state index contributed by atoms with van der Waals surface area (Å²) in [5, 5.41) is 10.6. The molecule has 5 heterocycles. The van der Waals surface area contributed by atoms with Gasteiger partial charge in [-0.1, -0.05) is 0 Å². The fourth-order valence-corrected chi connectivity index (χ4v) is 6.10. The van der Waals surface area contributed by atoms with Gasteiger partial charge in [-0.3, -0.25) is 9.88 Å². The molecule has 2 aromatic heterocycles. The lowest BCUT2D eigenvalue weighted by Crippen LogP contribution is -2.65. The first-order chi connectivity index (χ1) is 17.5. The standard InChI is InChI=1S/C27H33N9/c1-18-12-25(32-27(31-18)34-9-7-21(29)15-34)33-10-11-36-19(2)14-35(17-22(36)16-33)24-6-5-20(13-28)26-23(24)4-3-8-30-26/h3-6,8,12,19,21-22H,7,9-11,14-17,29H2,1-2H3. The molecule has 0 spiro atoms. The summed E-state index contributed by atoms with van der Waals surface area (Å²) < 4.78 is 0. The molecular formula is C27H33N9. The predicted molar refractivity (Wildman–Crippen MR) is 142 cm³/mol. The van der Waals surface area contributed by atoms with Gasteiger partial charge in [0.1, 0.15) is 11.9 Å². The molecular weight excluding hydrogens is 450 g/mol. The molecule has 3 aromatic rings. The first-order valence-electron chi connectivity index (χ1n) is 12.9. The van der Waals surface area contributed by atoms with E-state index in [1.807, 2.05) is 12.1 Å². The minimum absolute atomic E-state index is 0.198. The Kier molecular flexibility index (Phi) is 5.86. The average molecular weight is 484 g/mol. The topological polar surface area (TPSA) is 101 Å². The molecule has 0 bridgehead atoms. The summed E-state index contributed by atoms with van der Waals surface area (Å²) in [5.41, 5.74) is 9.70. The lowest BCUT2D eigenvalue weighted by Gasteiger charge is -2.51. The fourth-order valence-electron chi connectivity index (χ4n) is 6.10. The minimum atomic E-state index is 0.198. The number of hydrogen-bond acceptors (Lipinski definition) is 9. The van der Waals surface area contributed by atoms with E-state index in [0.29, 0.717) is 17.6 Å². The molecule has 3 aliphatic rings. The molecule has 0 aliphatic carbocycles. The molecule has 36 heavy (non-hydrogen) atoms. The van der Waals surface area contributed by atoms with Crippen molar-refractivity contribution in [2.24, 2.45) is 5.73 Å². The van der Waals surface area contributed by atoms with Crippen LogP contribution in [0, 0.1) is 18.3 Å². The van der Waals surface area contributed by atoms with Crippen LogP contribution >= 0.6 is 0 Å². The van der Waals surface area contributed by atoms with E-state index in [2.05, 4.69) is 62.7 Å². The molecule has 3 aliphatic heterocycles. The van der Waals surface area contributed by atoms with E-state index >= 15 is 0 Å². The third-order valence-electron chi connectivity index (χ3n) is 7.88. The maximum Gasteiger partial charge on any atom is 0.227 e. The van der Waals surface area contributed by atoms with Gasteiger partial charge in [0.05, 0.1) is 11.1 Å². The van der Waals surface area contributed by atoms with E-state index < -0.39 is 0 Å². The molecule has 0 saturated carbocycles. The van der Waals surface area contributed by atoms with Gasteiger partial charge in [0.15, 0.2) is 0 Å². The van der Waals surface area contributed by atoms with Crippen molar-refractivity contribution in [2.75, 3.05) is 60.5 Å². The number of piperazine rings is 2. The number of rotatable bonds is 3. The Bertz CT molecular complexity index is 1320. The Hall–Kier alpha value is -3.48. The van der Waals surface area contributed by atoms with Crippen molar-refractivity contribution in [3.8, 4) is 6.07 Å². The van der Waals surface area contributed by atoms with Gasteiger partial charge in [-0.05, 0) is 44.5 Å². The summed E-state index contributed by atoms with van der Waals surface area (Å²) in [6.45, 7) is 10.9.